The zero-order valence-electron chi connectivity index (χ0n) is 11.7. The molecule has 0 radical (unpaired) electrons. The number of anilines is 1. The van der Waals surface area contributed by atoms with Crippen molar-refractivity contribution in [1.29, 1.82) is 0 Å². The molecule has 1 aromatic carbocycles. The highest BCUT2D eigenvalue weighted by Gasteiger charge is 2.06. The van der Waals surface area contributed by atoms with Crippen LogP contribution in [0, 0.1) is 0 Å². The van der Waals surface area contributed by atoms with Gasteiger partial charge in [-0.2, -0.15) is 5.10 Å². The Morgan fingerprint density at radius 1 is 1.50 bits per heavy atom. The molecule has 106 valence electrons. The van der Waals surface area contributed by atoms with Gasteiger partial charge in [-0.15, -0.1) is 0 Å². The first-order valence-corrected chi connectivity index (χ1v) is 6.47. The lowest BCUT2D eigenvalue weighted by atomic mass is 10.1. The van der Waals surface area contributed by atoms with Crippen LogP contribution in [-0.4, -0.2) is 20.8 Å². The number of nitrogens with two attached hydrogens (primary N) is 1. The molecule has 2 rings (SSSR count). The highest BCUT2D eigenvalue weighted by atomic mass is 16.4. The Balaban J connectivity index is 2.11. The maximum atomic E-state index is 8.69. The van der Waals surface area contributed by atoms with E-state index in [1.165, 1.54) is 0 Å². The molecule has 0 saturated heterocycles. The largest absolute Gasteiger partial charge is 0.409 e. The van der Waals surface area contributed by atoms with Gasteiger partial charge in [-0.25, -0.2) is 0 Å². The Kier molecular flexibility index (Phi) is 4.24. The first-order valence-electron chi connectivity index (χ1n) is 6.47. The zero-order valence-corrected chi connectivity index (χ0v) is 11.7. The number of benzene rings is 1. The summed E-state index contributed by atoms with van der Waals surface area (Å²) in [6.07, 6.45) is 2.85. The van der Waals surface area contributed by atoms with Crippen LogP contribution in [0.1, 0.15) is 23.7 Å². The molecule has 0 aliphatic heterocycles. The van der Waals surface area contributed by atoms with E-state index in [4.69, 9.17) is 10.9 Å². The molecule has 0 aliphatic rings. The fraction of sp³-hybridized carbons (Fsp3) is 0.286. The Bertz CT molecular complexity index is 618. The number of nitrogens with one attached hydrogen (secondary N) is 1. The van der Waals surface area contributed by atoms with Crippen LogP contribution < -0.4 is 11.1 Å². The standard InChI is InChI=1S/C14H19N5O/c1-3-12-13(9-19(2)17-12)16-8-10-5-4-6-11(7-10)14(15)18-20/h4-7,9,16,20H,3,8H2,1-2H3,(H2,15,18). The molecule has 0 bridgehead atoms. The molecular weight excluding hydrogens is 254 g/mol. The summed E-state index contributed by atoms with van der Waals surface area (Å²) in [5.74, 6) is 0.113. The fourth-order valence-corrected chi connectivity index (χ4v) is 2.04. The number of nitrogens with zero attached hydrogens (tertiary/aromatic N) is 3. The van der Waals surface area contributed by atoms with Crippen LogP contribution in [0.5, 0.6) is 0 Å². The van der Waals surface area contributed by atoms with Gasteiger partial charge in [0.15, 0.2) is 5.84 Å². The normalized spacial score (nSPS) is 11.6. The second kappa shape index (κ2) is 6.10. The third-order valence-corrected chi connectivity index (χ3v) is 3.05. The molecule has 0 aliphatic carbocycles. The summed E-state index contributed by atoms with van der Waals surface area (Å²) >= 11 is 0. The van der Waals surface area contributed by atoms with E-state index >= 15 is 0 Å². The van der Waals surface area contributed by atoms with Crippen molar-refractivity contribution >= 4 is 11.5 Å². The average Bonchev–Trinajstić information content (AvgIpc) is 2.84. The Morgan fingerprint density at radius 3 is 3.00 bits per heavy atom. The van der Waals surface area contributed by atoms with Gasteiger partial charge in [0, 0.05) is 25.4 Å². The molecule has 1 aromatic heterocycles. The van der Waals surface area contributed by atoms with Gasteiger partial charge < -0.3 is 16.3 Å². The molecule has 1 heterocycles. The summed E-state index contributed by atoms with van der Waals surface area (Å²) in [4.78, 5) is 0. The predicted octanol–water partition coefficient (Wildman–Crippen LogP) is 1.69. The molecule has 0 atom stereocenters. The maximum Gasteiger partial charge on any atom is 0.170 e. The number of oxime groups is 1. The predicted molar refractivity (Wildman–Crippen MR) is 78.9 cm³/mol. The Labute approximate surface area is 117 Å². The lowest BCUT2D eigenvalue weighted by Gasteiger charge is -2.07. The van der Waals surface area contributed by atoms with Crippen LogP contribution in [-0.2, 0) is 20.0 Å². The van der Waals surface area contributed by atoms with Gasteiger partial charge in [0.05, 0.1) is 11.4 Å². The number of aromatic nitrogens is 2. The minimum Gasteiger partial charge on any atom is -0.409 e. The van der Waals surface area contributed by atoms with Crippen LogP contribution >= 0.6 is 0 Å². The fourth-order valence-electron chi connectivity index (χ4n) is 2.04. The molecule has 4 N–H and O–H groups in total. The van der Waals surface area contributed by atoms with Gasteiger partial charge >= 0.3 is 0 Å². The van der Waals surface area contributed by atoms with Crippen LogP contribution in [0.2, 0.25) is 0 Å². The Morgan fingerprint density at radius 2 is 2.30 bits per heavy atom. The smallest absolute Gasteiger partial charge is 0.170 e. The summed E-state index contributed by atoms with van der Waals surface area (Å²) in [5.41, 5.74) is 9.42. The van der Waals surface area contributed by atoms with E-state index in [0.717, 1.165) is 23.4 Å². The van der Waals surface area contributed by atoms with Crippen LogP contribution in [0.25, 0.3) is 0 Å². The van der Waals surface area contributed by atoms with E-state index in [2.05, 4.69) is 22.5 Å². The van der Waals surface area contributed by atoms with Gasteiger partial charge in [0.2, 0.25) is 0 Å². The second-order valence-corrected chi connectivity index (χ2v) is 4.56. The molecule has 0 spiro atoms. The number of hydrogen-bond donors (Lipinski definition) is 3. The third kappa shape index (κ3) is 3.09. The van der Waals surface area contributed by atoms with E-state index < -0.39 is 0 Å². The van der Waals surface area contributed by atoms with Crippen molar-refractivity contribution in [2.45, 2.75) is 19.9 Å². The Hall–Kier alpha value is -2.50. The van der Waals surface area contributed by atoms with Gasteiger partial charge in [-0.05, 0) is 18.1 Å². The quantitative estimate of drug-likeness (QED) is 0.335. The monoisotopic (exact) mass is 273 g/mol. The summed E-state index contributed by atoms with van der Waals surface area (Å²) < 4.78 is 1.80. The summed E-state index contributed by atoms with van der Waals surface area (Å²) in [6, 6.07) is 7.57. The number of aryl methyl sites for hydroxylation is 2. The van der Waals surface area contributed by atoms with E-state index in [9.17, 15) is 0 Å². The summed E-state index contributed by atoms with van der Waals surface area (Å²) in [5, 5.41) is 19.4. The van der Waals surface area contributed by atoms with Gasteiger partial charge in [0.25, 0.3) is 0 Å². The summed E-state index contributed by atoms with van der Waals surface area (Å²) in [6.45, 7) is 2.73. The molecule has 0 saturated carbocycles. The van der Waals surface area contributed by atoms with Crippen LogP contribution in [0.4, 0.5) is 5.69 Å². The number of hydrogen-bond acceptors (Lipinski definition) is 4. The van der Waals surface area contributed by atoms with Crippen molar-refractivity contribution < 1.29 is 5.21 Å². The van der Waals surface area contributed by atoms with E-state index in [0.29, 0.717) is 12.1 Å². The third-order valence-electron chi connectivity index (χ3n) is 3.05. The SMILES string of the molecule is CCc1nn(C)cc1NCc1cccc(/C(N)=N/O)c1. The van der Waals surface area contributed by atoms with Gasteiger partial charge in [-0.1, -0.05) is 30.3 Å². The molecule has 0 amide bonds. The van der Waals surface area contributed by atoms with Crippen molar-refractivity contribution in [2.75, 3.05) is 5.32 Å². The molecule has 6 heteroatoms. The second-order valence-electron chi connectivity index (χ2n) is 4.56. The first kappa shape index (κ1) is 13.9. The molecule has 0 fully saturated rings. The lowest BCUT2D eigenvalue weighted by Crippen LogP contribution is -2.13. The van der Waals surface area contributed by atoms with Crippen molar-refractivity contribution in [3.63, 3.8) is 0 Å². The molecule has 6 nitrogen and oxygen atoms in total. The molecule has 20 heavy (non-hydrogen) atoms. The average molecular weight is 273 g/mol. The minimum absolute atomic E-state index is 0.113. The lowest BCUT2D eigenvalue weighted by molar-refractivity contribution is 0.318. The van der Waals surface area contributed by atoms with Crippen molar-refractivity contribution in [3.05, 3.63) is 47.3 Å². The molecule has 2 aromatic rings. The van der Waals surface area contributed by atoms with Crippen molar-refractivity contribution in [2.24, 2.45) is 17.9 Å². The zero-order chi connectivity index (χ0) is 14.5. The first-order chi connectivity index (χ1) is 9.63. The highest BCUT2D eigenvalue weighted by molar-refractivity contribution is 5.97. The van der Waals surface area contributed by atoms with Crippen molar-refractivity contribution in [3.8, 4) is 0 Å². The topological polar surface area (TPSA) is 88.5 Å². The minimum atomic E-state index is 0.113. The maximum absolute atomic E-state index is 8.69. The van der Waals surface area contributed by atoms with E-state index in [1.54, 1.807) is 10.7 Å². The van der Waals surface area contributed by atoms with Crippen LogP contribution in [0.3, 0.4) is 0 Å². The molecule has 0 unspecified atom stereocenters. The highest BCUT2D eigenvalue weighted by Crippen LogP contribution is 2.15. The number of rotatable bonds is 5. The van der Waals surface area contributed by atoms with Gasteiger partial charge in [-0.3, -0.25) is 4.68 Å². The van der Waals surface area contributed by atoms with Crippen molar-refractivity contribution in [1.82, 2.24) is 9.78 Å². The van der Waals surface area contributed by atoms with E-state index in [1.807, 2.05) is 31.4 Å². The van der Waals surface area contributed by atoms with Crippen LogP contribution in [0.15, 0.2) is 35.6 Å². The van der Waals surface area contributed by atoms with E-state index in [-0.39, 0.29) is 5.84 Å². The summed E-state index contributed by atoms with van der Waals surface area (Å²) in [7, 11) is 1.91. The molecular formula is C14H19N5O. The number of amidine groups is 1. The van der Waals surface area contributed by atoms with Gasteiger partial charge in [0.1, 0.15) is 0 Å².